The number of nitrogens with zero attached hydrogens (tertiary/aromatic N) is 1. The summed E-state index contributed by atoms with van der Waals surface area (Å²) in [4.78, 5) is 11.1. The van der Waals surface area contributed by atoms with Crippen LogP contribution in [-0.4, -0.2) is 39.3 Å². The highest BCUT2D eigenvalue weighted by atomic mass is 28.4. The Morgan fingerprint density at radius 2 is 1.75 bits per heavy atom. The van der Waals surface area contributed by atoms with Crippen LogP contribution in [0.15, 0.2) is 0 Å². The quantitative estimate of drug-likeness (QED) is 0.534. The number of esters is 1. The molecule has 1 atom stereocenters. The number of ether oxygens (including phenoxy) is 1. The van der Waals surface area contributed by atoms with Gasteiger partial charge in [-0.1, -0.05) is 26.2 Å². The molecule has 0 N–H and O–H groups in total. The van der Waals surface area contributed by atoms with Crippen molar-refractivity contribution in [3.8, 4) is 0 Å². The summed E-state index contributed by atoms with van der Waals surface area (Å²) in [5, 5.41) is 0. The van der Waals surface area contributed by atoms with Crippen molar-refractivity contribution in [1.29, 1.82) is 0 Å². The Morgan fingerprint density at radius 1 is 1.19 bits per heavy atom. The second-order valence-corrected chi connectivity index (χ2v) is 16.0. The van der Waals surface area contributed by atoms with Gasteiger partial charge in [-0.3, -0.25) is 4.79 Å². The van der Waals surface area contributed by atoms with Crippen LogP contribution in [0.5, 0.6) is 0 Å². The lowest BCUT2D eigenvalue weighted by Crippen LogP contribution is -2.61. The van der Waals surface area contributed by atoms with Crippen LogP contribution in [0.2, 0.25) is 38.3 Å². The van der Waals surface area contributed by atoms with E-state index < -0.39 is 16.5 Å². The molecule has 0 amide bonds. The molecule has 2 saturated heterocycles. The maximum Gasteiger partial charge on any atom is 0.305 e. The fraction of sp³-hybridized carbons (Fsp3) is 0.909. The highest BCUT2D eigenvalue weighted by Gasteiger charge is 2.50. The van der Waals surface area contributed by atoms with E-state index in [0.29, 0.717) is 19.1 Å². The Hall–Kier alpha value is -0.136. The molecule has 0 aromatic carbocycles. The molecule has 3 nitrogen and oxygen atoms in total. The van der Waals surface area contributed by atoms with Crippen LogP contribution < -0.4 is 0 Å². The molecule has 0 aliphatic carbocycles. The van der Waals surface area contributed by atoms with Crippen molar-refractivity contribution in [1.82, 2.24) is 4.23 Å². The van der Waals surface area contributed by atoms with E-state index in [4.69, 9.17) is 4.74 Å². The van der Waals surface area contributed by atoms with Gasteiger partial charge in [-0.2, -0.15) is 0 Å². The second kappa shape index (κ2) is 3.96. The minimum Gasteiger partial charge on any atom is -0.464 e. The summed E-state index contributed by atoms with van der Waals surface area (Å²) in [6.07, 6.45) is 1.64. The number of rotatable bonds is 1. The van der Waals surface area contributed by atoms with Crippen molar-refractivity contribution < 1.29 is 9.53 Å². The molecule has 0 spiro atoms. The average Bonchev–Trinajstić information content (AvgIpc) is 2.39. The Morgan fingerprint density at radius 3 is 2.19 bits per heavy atom. The molecule has 2 aliphatic heterocycles. The zero-order valence-electron chi connectivity index (χ0n) is 10.9. The second-order valence-electron chi connectivity index (χ2n) is 6.37. The van der Waals surface area contributed by atoms with Gasteiger partial charge < -0.3 is 8.97 Å². The average molecular weight is 257 g/mol. The number of hydrogen-bond donors (Lipinski definition) is 0. The number of hydrogen-bond acceptors (Lipinski definition) is 3. The maximum absolute atomic E-state index is 11.1. The van der Waals surface area contributed by atoms with Gasteiger partial charge in [0.1, 0.15) is 23.1 Å². The van der Waals surface area contributed by atoms with Crippen LogP contribution in [0.3, 0.4) is 0 Å². The zero-order chi connectivity index (χ0) is 12.0. The molecule has 2 heterocycles. The Balaban J connectivity index is 2.14. The van der Waals surface area contributed by atoms with Crippen LogP contribution in [0.25, 0.3) is 0 Å². The standard InChI is InChI=1S/C11H23NO2Si2/c1-15(2)7-8-16(3,4)12(15)10-5-6-11(13)14-9-10/h10H,5-9H2,1-4H3. The molecule has 92 valence electrons. The van der Waals surface area contributed by atoms with Gasteiger partial charge in [-0.05, 0) is 18.5 Å². The Kier molecular flexibility index (Phi) is 3.05. The van der Waals surface area contributed by atoms with Crippen LogP contribution in [0.1, 0.15) is 12.8 Å². The number of cyclic esters (lactones) is 1. The topological polar surface area (TPSA) is 29.5 Å². The predicted molar refractivity (Wildman–Crippen MR) is 70.4 cm³/mol. The zero-order valence-corrected chi connectivity index (χ0v) is 12.9. The lowest BCUT2D eigenvalue weighted by Gasteiger charge is -2.45. The van der Waals surface area contributed by atoms with E-state index in [1.54, 1.807) is 0 Å². The molecule has 5 heteroatoms. The summed E-state index contributed by atoms with van der Waals surface area (Å²) in [6, 6.07) is 3.39. The number of carbonyl (C=O) groups excluding carboxylic acids is 1. The molecule has 2 rings (SSSR count). The minimum absolute atomic E-state index is 0.00519. The van der Waals surface area contributed by atoms with Gasteiger partial charge in [0.15, 0.2) is 0 Å². The highest BCUT2D eigenvalue weighted by Crippen LogP contribution is 2.40. The van der Waals surface area contributed by atoms with Gasteiger partial charge >= 0.3 is 5.97 Å². The molecule has 0 aromatic rings. The molecule has 2 fully saturated rings. The lowest BCUT2D eigenvalue weighted by molar-refractivity contribution is -0.148. The Labute approximate surface area is 100 Å². The predicted octanol–water partition coefficient (Wildman–Crippen LogP) is 2.42. The maximum atomic E-state index is 11.1. The summed E-state index contributed by atoms with van der Waals surface area (Å²) in [5.41, 5.74) is 0. The van der Waals surface area contributed by atoms with E-state index in [0.717, 1.165) is 6.42 Å². The third-order valence-electron chi connectivity index (χ3n) is 4.14. The highest BCUT2D eigenvalue weighted by molar-refractivity contribution is 6.95. The molecular formula is C11H23NO2Si2. The van der Waals surface area contributed by atoms with Crippen molar-refractivity contribution in [2.24, 2.45) is 0 Å². The van der Waals surface area contributed by atoms with Gasteiger partial charge in [-0.25, -0.2) is 0 Å². The summed E-state index contributed by atoms with van der Waals surface area (Å²) in [5.74, 6) is -0.00519. The largest absolute Gasteiger partial charge is 0.464 e. The van der Waals surface area contributed by atoms with Gasteiger partial charge in [0, 0.05) is 12.5 Å². The molecule has 0 saturated carbocycles. The van der Waals surface area contributed by atoms with Crippen molar-refractivity contribution in [3.63, 3.8) is 0 Å². The third-order valence-corrected chi connectivity index (χ3v) is 14.6. The first-order valence-corrected chi connectivity index (χ1v) is 12.6. The van der Waals surface area contributed by atoms with Crippen LogP contribution >= 0.6 is 0 Å². The van der Waals surface area contributed by atoms with Crippen LogP contribution in [0.4, 0.5) is 0 Å². The van der Waals surface area contributed by atoms with E-state index in [1.807, 2.05) is 0 Å². The minimum atomic E-state index is -1.21. The van der Waals surface area contributed by atoms with Crippen molar-refractivity contribution in [2.75, 3.05) is 6.61 Å². The van der Waals surface area contributed by atoms with E-state index in [2.05, 4.69) is 30.4 Å². The van der Waals surface area contributed by atoms with Crippen LogP contribution in [-0.2, 0) is 9.53 Å². The first-order valence-electron chi connectivity index (χ1n) is 6.28. The fourth-order valence-corrected chi connectivity index (χ4v) is 18.5. The van der Waals surface area contributed by atoms with Crippen molar-refractivity contribution in [2.45, 2.75) is 57.2 Å². The first-order chi connectivity index (χ1) is 7.33. The van der Waals surface area contributed by atoms with Gasteiger partial charge in [0.25, 0.3) is 0 Å². The molecule has 0 aromatic heterocycles. The van der Waals surface area contributed by atoms with E-state index in [1.165, 1.54) is 12.1 Å². The molecule has 16 heavy (non-hydrogen) atoms. The van der Waals surface area contributed by atoms with Crippen LogP contribution in [0, 0.1) is 0 Å². The summed E-state index contributed by atoms with van der Waals surface area (Å²) < 4.78 is 8.11. The van der Waals surface area contributed by atoms with Gasteiger partial charge in [-0.15, -0.1) is 0 Å². The molecule has 0 bridgehead atoms. The third kappa shape index (κ3) is 2.12. The Bertz CT molecular complexity index is 278. The van der Waals surface area contributed by atoms with E-state index >= 15 is 0 Å². The molecule has 1 unspecified atom stereocenters. The van der Waals surface area contributed by atoms with Gasteiger partial charge in [0.05, 0.1) is 0 Å². The smallest absolute Gasteiger partial charge is 0.305 e. The summed E-state index contributed by atoms with van der Waals surface area (Å²) in [7, 11) is -2.42. The first kappa shape index (κ1) is 12.3. The SMILES string of the molecule is C[Si]1(C)CC[Si](C)(C)N1C1CCC(=O)OC1. The van der Waals surface area contributed by atoms with E-state index in [9.17, 15) is 4.79 Å². The monoisotopic (exact) mass is 257 g/mol. The fourth-order valence-electron chi connectivity index (χ4n) is 3.49. The summed E-state index contributed by atoms with van der Waals surface area (Å²) >= 11 is 0. The normalized spacial score (nSPS) is 33.8. The lowest BCUT2D eigenvalue weighted by atomic mass is 10.1. The van der Waals surface area contributed by atoms with Gasteiger partial charge in [0.2, 0.25) is 0 Å². The molecule has 0 radical (unpaired) electrons. The summed E-state index contributed by atoms with van der Waals surface area (Å²) in [6.45, 7) is 10.6. The van der Waals surface area contributed by atoms with Crippen molar-refractivity contribution in [3.05, 3.63) is 0 Å². The van der Waals surface area contributed by atoms with Crippen molar-refractivity contribution >= 4 is 22.4 Å². The molecular weight excluding hydrogens is 234 g/mol. The number of carbonyl (C=O) groups is 1. The molecule has 2 aliphatic rings. The van der Waals surface area contributed by atoms with E-state index in [-0.39, 0.29) is 5.97 Å².